The first kappa shape index (κ1) is 22.8. The second-order valence-corrected chi connectivity index (χ2v) is 9.44. The Morgan fingerprint density at radius 1 is 0.972 bits per heavy atom. The molecule has 3 aromatic rings. The van der Waals surface area contributed by atoms with Crippen molar-refractivity contribution in [2.75, 3.05) is 55.7 Å². The van der Waals surface area contributed by atoms with Gasteiger partial charge in [0, 0.05) is 70.2 Å². The normalized spacial score (nSPS) is 20.2. The van der Waals surface area contributed by atoms with Gasteiger partial charge in [0.2, 0.25) is 11.9 Å². The summed E-state index contributed by atoms with van der Waals surface area (Å²) >= 11 is 0. The lowest BCUT2D eigenvalue weighted by Gasteiger charge is -2.34. The van der Waals surface area contributed by atoms with Crippen LogP contribution in [0.3, 0.4) is 0 Å². The van der Waals surface area contributed by atoms with Crippen molar-refractivity contribution < 1.29 is 4.74 Å². The van der Waals surface area contributed by atoms with Gasteiger partial charge in [-0.3, -0.25) is 4.68 Å². The van der Waals surface area contributed by atoms with E-state index >= 15 is 0 Å². The maximum atomic E-state index is 5.77. The van der Waals surface area contributed by atoms with Gasteiger partial charge in [0.25, 0.3) is 0 Å². The van der Waals surface area contributed by atoms with Crippen molar-refractivity contribution in [3.8, 4) is 11.8 Å². The summed E-state index contributed by atoms with van der Waals surface area (Å²) in [7, 11) is 0. The second-order valence-electron chi connectivity index (χ2n) is 9.44. The lowest BCUT2D eigenvalue weighted by molar-refractivity contribution is 0.0161. The van der Waals surface area contributed by atoms with Crippen molar-refractivity contribution in [2.24, 2.45) is 5.92 Å². The number of anilines is 2. The van der Waals surface area contributed by atoms with Crippen molar-refractivity contribution in [1.82, 2.24) is 40.0 Å². The molecule has 11 heteroatoms. The summed E-state index contributed by atoms with van der Waals surface area (Å²) in [6.45, 7) is 6.45. The third kappa shape index (κ3) is 5.78. The Morgan fingerprint density at radius 3 is 2.53 bits per heavy atom. The van der Waals surface area contributed by atoms with Gasteiger partial charge >= 0.3 is 0 Å². The van der Waals surface area contributed by atoms with Crippen LogP contribution in [-0.2, 0) is 17.7 Å². The van der Waals surface area contributed by atoms with Crippen LogP contribution in [0.5, 0.6) is 0 Å². The summed E-state index contributed by atoms with van der Waals surface area (Å²) in [5.74, 6) is 9.19. The molecule has 1 atom stereocenters. The number of morpholine rings is 1. The summed E-state index contributed by atoms with van der Waals surface area (Å²) in [6.07, 6.45) is 12.4. The van der Waals surface area contributed by atoms with Crippen LogP contribution < -0.4 is 15.1 Å². The standard InChI is InChI=1S/C25H30N10O/c1-2-19(1)3-4-20-12-27-24(28-13-20)33-6-8-34(9-7-33)25-30-18-29-23(32-25)11-21-14-31-35(16-21)17-22-15-26-5-10-36-22/h12-14,16,18-19,22,26H,1-2,5-11,15,17H2/t22-/m0/s1. The molecule has 2 aliphatic heterocycles. The molecule has 0 amide bonds. The first-order valence-corrected chi connectivity index (χ1v) is 12.6. The molecule has 0 bridgehead atoms. The van der Waals surface area contributed by atoms with Crippen molar-refractivity contribution in [3.05, 3.63) is 48.1 Å². The van der Waals surface area contributed by atoms with Crippen LogP contribution in [0.15, 0.2) is 31.1 Å². The van der Waals surface area contributed by atoms with Crippen molar-refractivity contribution in [2.45, 2.75) is 31.9 Å². The van der Waals surface area contributed by atoms with E-state index in [1.807, 2.05) is 29.5 Å². The first-order chi connectivity index (χ1) is 17.8. The van der Waals surface area contributed by atoms with Gasteiger partial charge in [0.05, 0.1) is 31.0 Å². The van der Waals surface area contributed by atoms with Crippen LogP contribution in [0.1, 0.15) is 29.8 Å². The number of rotatable bonds is 6. The molecule has 1 saturated carbocycles. The molecule has 36 heavy (non-hydrogen) atoms. The van der Waals surface area contributed by atoms with Gasteiger partial charge in [0.1, 0.15) is 12.2 Å². The van der Waals surface area contributed by atoms with E-state index in [0.29, 0.717) is 18.3 Å². The van der Waals surface area contributed by atoms with Gasteiger partial charge in [-0.05, 0) is 18.4 Å². The van der Waals surface area contributed by atoms with Gasteiger partial charge in [-0.1, -0.05) is 11.8 Å². The Kier molecular flexibility index (Phi) is 6.69. The minimum Gasteiger partial charge on any atom is -0.374 e. The third-order valence-corrected chi connectivity index (χ3v) is 6.53. The number of nitrogens with zero attached hydrogens (tertiary/aromatic N) is 9. The Balaban J connectivity index is 1.03. The molecular weight excluding hydrogens is 456 g/mol. The van der Waals surface area contributed by atoms with Crippen LogP contribution in [0, 0.1) is 17.8 Å². The highest BCUT2D eigenvalue weighted by atomic mass is 16.5. The number of hydrogen-bond donors (Lipinski definition) is 1. The molecule has 0 radical (unpaired) electrons. The minimum absolute atomic E-state index is 0.151. The summed E-state index contributed by atoms with van der Waals surface area (Å²) in [4.78, 5) is 27.0. The van der Waals surface area contributed by atoms with Gasteiger partial charge in [-0.25, -0.2) is 19.9 Å². The minimum atomic E-state index is 0.151. The molecule has 1 N–H and O–H groups in total. The fourth-order valence-corrected chi connectivity index (χ4v) is 4.35. The highest BCUT2D eigenvalue weighted by Gasteiger charge is 2.22. The first-order valence-electron chi connectivity index (χ1n) is 12.6. The van der Waals surface area contributed by atoms with E-state index in [-0.39, 0.29) is 6.10 Å². The molecule has 3 aromatic heterocycles. The number of piperazine rings is 1. The van der Waals surface area contributed by atoms with E-state index < -0.39 is 0 Å². The molecule has 11 nitrogen and oxygen atoms in total. The van der Waals surface area contributed by atoms with E-state index in [1.165, 1.54) is 12.8 Å². The highest BCUT2D eigenvalue weighted by Crippen LogP contribution is 2.27. The number of aromatic nitrogens is 7. The van der Waals surface area contributed by atoms with Gasteiger partial charge < -0.3 is 19.9 Å². The zero-order chi connectivity index (χ0) is 24.2. The second kappa shape index (κ2) is 10.6. The van der Waals surface area contributed by atoms with Crippen LogP contribution in [0.4, 0.5) is 11.9 Å². The SMILES string of the molecule is C(#CC1CC1)c1cnc(N2CCN(c3ncnc(Cc4cnn(C[C@@H]5CNCCO5)c4)n3)CC2)nc1. The number of hydrogen-bond acceptors (Lipinski definition) is 10. The van der Waals surface area contributed by atoms with E-state index in [2.05, 4.69) is 52.0 Å². The van der Waals surface area contributed by atoms with E-state index in [0.717, 1.165) is 75.3 Å². The average Bonchev–Trinajstić information content (AvgIpc) is 3.67. The van der Waals surface area contributed by atoms with Crippen molar-refractivity contribution in [1.29, 1.82) is 0 Å². The summed E-state index contributed by atoms with van der Waals surface area (Å²) in [5.41, 5.74) is 1.95. The van der Waals surface area contributed by atoms with E-state index in [4.69, 9.17) is 9.72 Å². The van der Waals surface area contributed by atoms with Crippen LogP contribution in [0.25, 0.3) is 0 Å². The molecule has 2 saturated heterocycles. The van der Waals surface area contributed by atoms with Crippen molar-refractivity contribution in [3.63, 3.8) is 0 Å². The maximum absolute atomic E-state index is 5.77. The lowest BCUT2D eigenvalue weighted by Crippen LogP contribution is -2.47. The van der Waals surface area contributed by atoms with Gasteiger partial charge in [-0.15, -0.1) is 0 Å². The Morgan fingerprint density at radius 2 is 1.78 bits per heavy atom. The lowest BCUT2D eigenvalue weighted by atomic mass is 10.2. The largest absolute Gasteiger partial charge is 0.374 e. The molecule has 5 heterocycles. The van der Waals surface area contributed by atoms with E-state index in [1.54, 1.807) is 6.33 Å². The van der Waals surface area contributed by atoms with Crippen molar-refractivity contribution >= 4 is 11.9 Å². The number of ether oxygens (including phenoxy) is 1. The van der Waals surface area contributed by atoms with Crippen LogP contribution in [-0.4, -0.2) is 86.7 Å². The predicted molar refractivity (Wildman–Crippen MR) is 134 cm³/mol. The quantitative estimate of drug-likeness (QED) is 0.495. The molecule has 1 aliphatic carbocycles. The molecule has 3 aliphatic rings. The summed E-state index contributed by atoms with van der Waals surface area (Å²) in [5, 5.41) is 7.83. The van der Waals surface area contributed by atoms with Gasteiger partial charge in [-0.2, -0.15) is 10.1 Å². The third-order valence-electron chi connectivity index (χ3n) is 6.53. The highest BCUT2D eigenvalue weighted by molar-refractivity contribution is 5.40. The number of nitrogens with one attached hydrogen (secondary N) is 1. The Bertz CT molecular complexity index is 1220. The molecular formula is C25H30N10O. The van der Waals surface area contributed by atoms with Crippen LogP contribution >= 0.6 is 0 Å². The smallest absolute Gasteiger partial charge is 0.228 e. The molecule has 0 unspecified atom stereocenters. The van der Waals surface area contributed by atoms with E-state index in [9.17, 15) is 0 Å². The molecule has 186 valence electrons. The molecule has 6 rings (SSSR count). The molecule has 0 spiro atoms. The van der Waals surface area contributed by atoms with Gasteiger partial charge in [0.15, 0.2) is 0 Å². The summed E-state index contributed by atoms with van der Waals surface area (Å²) < 4.78 is 7.71. The topological polar surface area (TPSA) is 110 Å². The molecule has 0 aromatic carbocycles. The summed E-state index contributed by atoms with van der Waals surface area (Å²) in [6, 6.07) is 0. The maximum Gasteiger partial charge on any atom is 0.228 e. The fraction of sp³-hybridized carbons (Fsp3) is 0.520. The predicted octanol–water partition coefficient (Wildman–Crippen LogP) is 0.525. The Labute approximate surface area is 210 Å². The zero-order valence-corrected chi connectivity index (χ0v) is 20.3. The monoisotopic (exact) mass is 486 g/mol. The fourth-order valence-electron chi connectivity index (χ4n) is 4.35. The average molecular weight is 487 g/mol. The Hall–Kier alpha value is -3.62. The molecule has 3 fully saturated rings. The van der Waals surface area contributed by atoms with Crippen LogP contribution in [0.2, 0.25) is 0 Å². The zero-order valence-electron chi connectivity index (χ0n) is 20.3.